The first-order valence-corrected chi connectivity index (χ1v) is 8.24. The van der Waals surface area contributed by atoms with Gasteiger partial charge in [-0.2, -0.15) is 0 Å². The summed E-state index contributed by atoms with van der Waals surface area (Å²) in [5.41, 5.74) is 5.31. The Morgan fingerprint density at radius 1 is 1.44 bits per heavy atom. The van der Waals surface area contributed by atoms with E-state index in [0.29, 0.717) is 5.76 Å². The Morgan fingerprint density at radius 2 is 2.17 bits per heavy atom. The number of nitrogens with two attached hydrogens (primary N) is 1. The van der Waals surface area contributed by atoms with E-state index in [4.69, 9.17) is 10.2 Å². The third-order valence-corrected chi connectivity index (χ3v) is 5.10. The lowest BCUT2D eigenvalue weighted by molar-refractivity contribution is 0.412. The van der Waals surface area contributed by atoms with Gasteiger partial charge in [0.25, 0.3) is 10.0 Å². The molecule has 3 N–H and O–H groups in total. The van der Waals surface area contributed by atoms with E-state index < -0.39 is 25.9 Å². The standard InChI is InChI=1S/C9H12N2O5S2/c10-5-8-1-2-9(16-8)18(14,15)11-7-3-4-17(12,13)6-7/h1-4,7,11H,5-6,10H2. The summed E-state index contributed by atoms with van der Waals surface area (Å²) in [7, 11) is -7.18. The largest absolute Gasteiger partial charge is 0.447 e. The zero-order valence-electron chi connectivity index (χ0n) is 9.24. The zero-order valence-corrected chi connectivity index (χ0v) is 10.9. The molecule has 1 unspecified atom stereocenters. The molecule has 0 spiro atoms. The number of rotatable bonds is 4. The predicted molar refractivity (Wildman–Crippen MR) is 63.6 cm³/mol. The molecule has 1 aliphatic rings. The Kier molecular flexibility index (Phi) is 3.32. The first-order chi connectivity index (χ1) is 8.32. The Balaban J connectivity index is 2.16. The number of sulfone groups is 1. The molecule has 0 aliphatic carbocycles. The lowest BCUT2D eigenvalue weighted by Crippen LogP contribution is -2.35. The topological polar surface area (TPSA) is 119 Å². The number of hydrogen-bond donors (Lipinski definition) is 2. The van der Waals surface area contributed by atoms with E-state index in [0.717, 1.165) is 5.41 Å². The van der Waals surface area contributed by atoms with Crippen LogP contribution in [0.4, 0.5) is 0 Å². The fourth-order valence-electron chi connectivity index (χ4n) is 1.52. The number of sulfonamides is 1. The highest BCUT2D eigenvalue weighted by Gasteiger charge is 2.28. The highest BCUT2D eigenvalue weighted by Crippen LogP contribution is 2.16. The third-order valence-electron chi connectivity index (χ3n) is 2.34. The van der Waals surface area contributed by atoms with Gasteiger partial charge in [0.15, 0.2) is 9.84 Å². The summed E-state index contributed by atoms with van der Waals surface area (Å²) < 4.78 is 53.3. The Morgan fingerprint density at radius 3 is 2.67 bits per heavy atom. The smallest absolute Gasteiger partial charge is 0.274 e. The summed E-state index contributed by atoms with van der Waals surface area (Å²) in [5, 5.41) is 0.717. The molecule has 0 saturated heterocycles. The number of furan rings is 1. The molecule has 0 amide bonds. The summed E-state index contributed by atoms with van der Waals surface area (Å²) >= 11 is 0. The van der Waals surface area contributed by atoms with Crippen molar-refractivity contribution in [3.05, 3.63) is 29.4 Å². The summed E-state index contributed by atoms with van der Waals surface area (Å²) in [6.07, 6.45) is 1.29. The van der Waals surface area contributed by atoms with Gasteiger partial charge in [-0.15, -0.1) is 0 Å². The molecule has 0 aromatic carbocycles. The van der Waals surface area contributed by atoms with Crippen LogP contribution in [0.5, 0.6) is 0 Å². The lowest BCUT2D eigenvalue weighted by atomic mass is 10.4. The maximum Gasteiger partial charge on any atom is 0.274 e. The van der Waals surface area contributed by atoms with Gasteiger partial charge < -0.3 is 10.2 Å². The highest BCUT2D eigenvalue weighted by atomic mass is 32.2. The van der Waals surface area contributed by atoms with Crippen molar-refractivity contribution in [1.82, 2.24) is 4.72 Å². The number of nitrogens with one attached hydrogen (secondary N) is 1. The van der Waals surface area contributed by atoms with Crippen LogP contribution >= 0.6 is 0 Å². The van der Waals surface area contributed by atoms with E-state index in [1.165, 1.54) is 18.2 Å². The van der Waals surface area contributed by atoms with E-state index in [9.17, 15) is 16.8 Å². The summed E-state index contributed by atoms with van der Waals surface area (Å²) in [5.74, 6) is 0.0569. The second-order valence-electron chi connectivity index (χ2n) is 3.81. The molecule has 2 rings (SSSR count). The van der Waals surface area contributed by atoms with E-state index in [1.807, 2.05) is 0 Å². The molecule has 7 nitrogen and oxygen atoms in total. The third kappa shape index (κ3) is 2.80. The Bertz CT molecular complexity index is 672. The van der Waals surface area contributed by atoms with Gasteiger partial charge in [0.2, 0.25) is 5.09 Å². The highest BCUT2D eigenvalue weighted by molar-refractivity contribution is 7.94. The molecule has 0 fully saturated rings. The van der Waals surface area contributed by atoms with Crippen LogP contribution in [0.2, 0.25) is 0 Å². The fraction of sp³-hybridized carbons (Fsp3) is 0.333. The van der Waals surface area contributed by atoms with Crippen LogP contribution in [0.25, 0.3) is 0 Å². The van der Waals surface area contributed by atoms with Gasteiger partial charge in [0.1, 0.15) is 5.76 Å². The SMILES string of the molecule is NCc1ccc(S(=O)(=O)NC2C=CS(=O)(=O)C2)o1. The Labute approximate surface area is 105 Å². The Hall–Kier alpha value is -1.16. The molecular weight excluding hydrogens is 280 g/mol. The van der Waals surface area contributed by atoms with Gasteiger partial charge >= 0.3 is 0 Å². The van der Waals surface area contributed by atoms with Crippen LogP contribution in [0.3, 0.4) is 0 Å². The minimum atomic E-state index is -3.87. The van der Waals surface area contributed by atoms with Crippen LogP contribution in [0.15, 0.2) is 33.1 Å². The summed E-state index contributed by atoms with van der Waals surface area (Å²) in [6.45, 7) is 0.0905. The van der Waals surface area contributed by atoms with E-state index in [1.54, 1.807) is 0 Å². The van der Waals surface area contributed by atoms with Crippen molar-refractivity contribution in [2.75, 3.05) is 5.75 Å². The minimum Gasteiger partial charge on any atom is -0.447 e. The van der Waals surface area contributed by atoms with Crippen molar-refractivity contribution >= 4 is 19.9 Å². The average molecular weight is 292 g/mol. The molecule has 18 heavy (non-hydrogen) atoms. The van der Waals surface area contributed by atoms with E-state index in [-0.39, 0.29) is 17.4 Å². The second-order valence-corrected chi connectivity index (χ2v) is 7.39. The normalized spacial score (nSPS) is 22.4. The lowest BCUT2D eigenvalue weighted by Gasteiger charge is -2.08. The van der Waals surface area contributed by atoms with Crippen molar-refractivity contribution in [3.8, 4) is 0 Å². The molecule has 0 bridgehead atoms. The van der Waals surface area contributed by atoms with Gasteiger partial charge in [-0.25, -0.2) is 21.6 Å². The van der Waals surface area contributed by atoms with Crippen LogP contribution in [0.1, 0.15) is 5.76 Å². The van der Waals surface area contributed by atoms with Crippen molar-refractivity contribution in [2.45, 2.75) is 17.7 Å². The van der Waals surface area contributed by atoms with Gasteiger partial charge in [0, 0.05) is 5.41 Å². The van der Waals surface area contributed by atoms with Crippen LogP contribution < -0.4 is 10.5 Å². The van der Waals surface area contributed by atoms with Crippen LogP contribution in [-0.2, 0) is 26.4 Å². The van der Waals surface area contributed by atoms with Crippen LogP contribution in [0, 0.1) is 0 Å². The monoisotopic (exact) mass is 292 g/mol. The van der Waals surface area contributed by atoms with Crippen molar-refractivity contribution in [1.29, 1.82) is 0 Å². The number of hydrogen-bond acceptors (Lipinski definition) is 6. The first kappa shape index (κ1) is 13.3. The molecule has 1 aromatic heterocycles. The molecule has 1 atom stereocenters. The van der Waals surface area contributed by atoms with E-state index >= 15 is 0 Å². The molecule has 100 valence electrons. The van der Waals surface area contributed by atoms with Crippen molar-refractivity contribution in [2.24, 2.45) is 5.73 Å². The second kappa shape index (κ2) is 4.50. The molecule has 2 heterocycles. The quantitative estimate of drug-likeness (QED) is 0.759. The molecule has 0 saturated carbocycles. The molecule has 1 aromatic rings. The molecule has 1 aliphatic heterocycles. The van der Waals surface area contributed by atoms with Crippen molar-refractivity contribution in [3.63, 3.8) is 0 Å². The maximum atomic E-state index is 11.9. The first-order valence-electron chi connectivity index (χ1n) is 5.04. The van der Waals surface area contributed by atoms with E-state index in [2.05, 4.69) is 4.72 Å². The maximum absolute atomic E-state index is 11.9. The zero-order chi connectivity index (χ0) is 13.4. The van der Waals surface area contributed by atoms with Gasteiger partial charge in [-0.3, -0.25) is 0 Å². The van der Waals surface area contributed by atoms with Crippen LogP contribution in [-0.4, -0.2) is 28.6 Å². The fourth-order valence-corrected chi connectivity index (χ4v) is 4.00. The minimum absolute atomic E-state index is 0.0905. The molecular formula is C9H12N2O5S2. The summed E-state index contributed by atoms with van der Waals surface area (Å²) in [4.78, 5) is 0. The summed E-state index contributed by atoms with van der Waals surface area (Å²) in [6, 6.07) is 1.96. The molecule has 0 radical (unpaired) electrons. The molecule has 9 heteroatoms. The average Bonchev–Trinajstić information content (AvgIpc) is 2.84. The van der Waals surface area contributed by atoms with Gasteiger partial charge in [0.05, 0.1) is 18.3 Å². The van der Waals surface area contributed by atoms with Gasteiger partial charge in [-0.1, -0.05) is 6.08 Å². The predicted octanol–water partition coefficient (Wildman–Crippen LogP) is -0.673. The van der Waals surface area contributed by atoms with Gasteiger partial charge in [-0.05, 0) is 12.1 Å². The van der Waals surface area contributed by atoms with Crippen molar-refractivity contribution < 1.29 is 21.3 Å².